The number of phenols is 1. The number of carbonyl (C=O) groups excluding carboxylic acids is 1. The molecule has 5 aromatic rings. The number of nitrogens with zero attached hydrogens (tertiary/aromatic N) is 4. The first kappa shape index (κ1) is 33.5. The molecule has 0 fully saturated rings. The normalized spacial score (nSPS) is 16.6. The fourth-order valence-electron chi connectivity index (χ4n) is 6.49. The van der Waals surface area contributed by atoms with E-state index in [-0.39, 0.29) is 33.4 Å². The maximum absolute atomic E-state index is 14.8. The molecule has 2 unspecified atom stereocenters. The van der Waals surface area contributed by atoms with Gasteiger partial charge in [0.15, 0.2) is 5.78 Å². The van der Waals surface area contributed by atoms with Crippen molar-refractivity contribution in [2.45, 2.75) is 25.6 Å². The average molecular weight is 701 g/mol. The predicted octanol–water partition coefficient (Wildman–Crippen LogP) is 7.70. The third-order valence-electron chi connectivity index (χ3n) is 8.80. The van der Waals surface area contributed by atoms with Gasteiger partial charge in [-0.15, -0.1) is 0 Å². The molecule has 2 atom stereocenters. The molecule has 51 heavy (non-hydrogen) atoms. The van der Waals surface area contributed by atoms with Crippen LogP contribution in [-0.4, -0.2) is 43.0 Å². The van der Waals surface area contributed by atoms with Crippen LogP contribution in [0.4, 0.5) is 10.1 Å². The van der Waals surface area contributed by atoms with E-state index in [1.807, 2.05) is 36.4 Å². The summed E-state index contributed by atoms with van der Waals surface area (Å²) >= 11 is 6.29. The van der Waals surface area contributed by atoms with Crippen LogP contribution in [0.3, 0.4) is 0 Å². The molecule has 2 aliphatic rings. The number of carboxylic acid groups (broad SMARTS) is 1. The topological polar surface area (TPSA) is 125 Å². The highest BCUT2D eigenvalue weighted by Gasteiger charge is 2.40. The number of aromatic hydroxyl groups is 1. The minimum absolute atomic E-state index is 0.00172. The molecule has 7 rings (SSSR count). The van der Waals surface area contributed by atoms with Crippen LogP contribution >= 0.6 is 11.6 Å². The molecule has 3 aromatic carbocycles. The number of carboxylic acids is 1. The van der Waals surface area contributed by atoms with Crippen LogP contribution in [0.15, 0.2) is 131 Å². The van der Waals surface area contributed by atoms with Crippen molar-refractivity contribution in [3.63, 3.8) is 0 Å². The summed E-state index contributed by atoms with van der Waals surface area (Å²) in [7, 11) is 0. The minimum Gasteiger partial charge on any atom is -0.507 e. The monoisotopic (exact) mass is 700 g/mol. The quantitative estimate of drug-likeness (QED) is 0.142. The van der Waals surface area contributed by atoms with Gasteiger partial charge in [-0.25, -0.2) is 9.18 Å². The fraction of sp³-hybridized carbons (Fsp3) is 0.125. The third kappa shape index (κ3) is 7.19. The Kier molecular flexibility index (Phi) is 9.52. The van der Waals surface area contributed by atoms with Crippen molar-refractivity contribution in [2.24, 2.45) is 10.9 Å². The number of ether oxygens (including phenoxy) is 1. The Hall–Kier alpha value is -5.97. The average Bonchev–Trinajstić information content (AvgIpc) is 3.12. The van der Waals surface area contributed by atoms with Gasteiger partial charge in [0.1, 0.15) is 23.1 Å². The van der Waals surface area contributed by atoms with E-state index in [2.05, 4.69) is 14.9 Å². The number of allylic oxidation sites excluding steroid dienone is 3. The highest BCUT2D eigenvalue weighted by molar-refractivity contribution is 6.44. The molecule has 0 saturated carbocycles. The standard InChI is InChI=1S/C40H30ClFN4O5/c41-33-18-31-37(19-36(33)48)51-39-30(38(31)28-9-1-2-10-29(28)40(49)50)12-14-35(47)32(39)20-45-34-13-11-25(42)17-24(34)21-46(22-26-7-3-5-15-43-26)23-27-8-4-6-16-44-27/h1-20,31,38,47H,21-23H2,(H,49,50). The Bertz CT molecular complexity index is 2180. The summed E-state index contributed by atoms with van der Waals surface area (Å²) in [6, 6.07) is 25.4. The highest BCUT2D eigenvalue weighted by atomic mass is 35.5. The number of aliphatic imine (C=N–C) groups is 1. The first-order valence-electron chi connectivity index (χ1n) is 16.1. The molecular formula is C40H30ClFN4O5. The molecule has 254 valence electrons. The number of fused-ring (bicyclic) bond motifs is 2. The molecule has 1 aliphatic carbocycles. The molecule has 1 aliphatic heterocycles. The SMILES string of the molecule is O=C1C=C2Oc3c(ccc(O)c3C=Nc3ccc(F)cc3CN(Cc3ccccn3)Cc3ccccn3)C(c3ccccc3C(=O)O)C2C=C1Cl. The molecule has 11 heteroatoms. The van der Waals surface area contributed by atoms with E-state index in [1.165, 1.54) is 36.6 Å². The Morgan fingerprint density at radius 3 is 2.31 bits per heavy atom. The van der Waals surface area contributed by atoms with Crippen molar-refractivity contribution in [3.05, 3.63) is 171 Å². The Morgan fingerprint density at radius 2 is 1.63 bits per heavy atom. The third-order valence-corrected chi connectivity index (χ3v) is 9.11. The lowest BCUT2D eigenvalue weighted by Crippen LogP contribution is -2.29. The van der Waals surface area contributed by atoms with Crippen LogP contribution in [0.2, 0.25) is 0 Å². The lowest BCUT2D eigenvalue weighted by molar-refractivity contribution is -0.111. The van der Waals surface area contributed by atoms with Crippen LogP contribution in [-0.2, 0) is 24.4 Å². The van der Waals surface area contributed by atoms with E-state index in [0.717, 1.165) is 11.4 Å². The van der Waals surface area contributed by atoms with Crippen LogP contribution in [0, 0.1) is 11.7 Å². The number of ketones is 1. The van der Waals surface area contributed by atoms with E-state index in [0.29, 0.717) is 42.0 Å². The number of carbonyl (C=O) groups is 2. The number of aromatic nitrogens is 2. The maximum Gasteiger partial charge on any atom is 0.335 e. The van der Waals surface area contributed by atoms with Gasteiger partial charge in [0.05, 0.1) is 33.2 Å². The van der Waals surface area contributed by atoms with E-state index in [9.17, 15) is 24.2 Å². The number of halogens is 2. The first-order chi connectivity index (χ1) is 24.7. The Morgan fingerprint density at radius 1 is 0.922 bits per heavy atom. The van der Waals surface area contributed by atoms with Gasteiger partial charge in [-0.1, -0.05) is 54.1 Å². The minimum atomic E-state index is -1.12. The van der Waals surface area contributed by atoms with Crippen molar-refractivity contribution in [2.75, 3.05) is 0 Å². The number of benzene rings is 3. The van der Waals surface area contributed by atoms with Gasteiger partial charge in [0, 0.05) is 61.7 Å². The summed E-state index contributed by atoms with van der Waals surface area (Å²) in [5.41, 5.74) is 4.02. The molecule has 0 saturated heterocycles. The maximum atomic E-state index is 14.8. The van der Waals surface area contributed by atoms with Crippen molar-refractivity contribution >= 4 is 35.3 Å². The number of pyridine rings is 2. The number of rotatable bonds is 10. The van der Waals surface area contributed by atoms with Crippen LogP contribution in [0.1, 0.15) is 49.9 Å². The first-order valence-corrected chi connectivity index (χ1v) is 16.5. The van der Waals surface area contributed by atoms with Gasteiger partial charge in [0.2, 0.25) is 0 Å². The summed E-state index contributed by atoms with van der Waals surface area (Å²) in [5.74, 6) is -2.92. The van der Waals surface area contributed by atoms with E-state index in [4.69, 9.17) is 21.3 Å². The molecule has 2 aromatic heterocycles. The molecule has 0 spiro atoms. The second-order valence-electron chi connectivity index (χ2n) is 12.2. The van der Waals surface area contributed by atoms with Gasteiger partial charge < -0.3 is 14.9 Å². The molecule has 3 heterocycles. The molecule has 2 N–H and O–H groups in total. The second kappa shape index (κ2) is 14.5. The summed E-state index contributed by atoms with van der Waals surface area (Å²) in [5, 5.41) is 21.2. The lowest BCUT2D eigenvalue weighted by Gasteiger charge is -2.36. The molecule has 9 nitrogen and oxygen atoms in total. The van der Waals surface area contributed by atoms with Crippen LogP contribution in [0.5, 0.6) is 11.5 Å². The number of phenolic OH excluding ortho intramolecular Hbond substituents is 1. The van der Waals surface area contributed by atoms with Crippen molar-refractivity contribution in [1.29, 1.82) is 0 Å². The van der Waals surface area contributed by atoms with Gasteiger partial charge in [-0.2, -0.15) is 0 Å². The zero-order chi connectivity index (χ0) is 35.5. The summed E-state index contributed by atoms with van der Waals surface area (Å²) in [6.45, 7) is 1.22. The molecule has 0 amide bonds. The van der Waals surface area contributed by atoms with Gasteiger partial charge >= 0.3 is 5.97 Å². The largest absolute Gasteiger partial charge is 0.507 e. The highest BCUT2D eigenvalue weighted by Crippen LogP contribution is 2.51. The molecule has 0 radical (unpaired) electrons. The fourth-order valence-corrected chi connectivity index (χ4v) is 6.68. The second-order valence-corrected chi connectivity index (χ2v) is 12.6. The zero-order valence-electron chi connectivity index (χ0n) is 27.0. The number of hydrogen-bond donors (Lipinski definition) is 2. The van der Waals surface area contributed by atoms with E-state index in [1.54, 1.807) is 48.8 Å². The Balaban J connectivity index is 1.29. The summed E-state index contributed by atoms with van der Waals surface area (Å²) in [4.78, 5) is 40.7. The summed E-state index contributed by atoms with van der Waals surface area (Å²) < 4.78 is 21.1. The van der Waals surface area contributed by atoms with Crippen molar-refractivity contribution < 1.29 is 28.9 Å². The zero-order valence-corrected chi connectivity index (χ0v) is 27.7. The smallest absolute Gasteiger partial charge is 0.335 e. The van der Waals surface area contributed by atoms with Crippen molar-refractivity contribution in [1.82, 2.24) is 14.9 Å². The molecular weight excluding hydrogens is 671 g/mol. The van der Waals surface area contributed by atoms with Crippen LogP contribution in [0.25, 0.3) is 0 Å². The summed E-state index contributed by atoms with van der Waals surface area (Å²) in [6.07, 6.45) is 7.73. The van der Waals surface area contributed by atoms with E-state index < -0.39 is 29.4 Å². The number of aromatic carboxylic acids is 1. The van der Waals surface area contributed by atoms with Gasteiger partial charge in [-0.3, -0.25) is 24.7 Å². The van der Waals surface area contributed by atoms with E-state index >= 15 is 0 Å². The van der Waals surface area contributed by atoms with Gasteiger partial charge in [0.25, 0.3) is 0 Å². The lowest BCUT2D eigenvalue weighted by atomic mass is 9.74. The molecule has 0 bridgehead atoms. The van der Waals surface area contributed by atoms with Crippen LogP contribution < -0.4 is 4.74 Å². The Labute approximate surface area is 297 Å². The predicted molar refractivity (Wildman–Crippen MR) is 190 cm³/mol. The van der Waals surface area contributed by atoms with Gasteiger partial charge in [-0.05, 0) is 65.7 Å². The van der Waals surface area contributed by atoms with Crippen molar-refractivity contribution in [3.8, 4) is 11.5 Å². The number of hydrogen-bond acceptors (Lipinski definition) is 8.